The molecule has 0 fully saturated rings. The summed E-state index contributed by atoms with van der Waals surface area (Å²) < 4.78 is 0. The third-order valence-corrected chi connectivity index (χ3v) is 7.62. The molecule has 0 heterocycles. The molecule has 0 unspecified atom stereocenters. The van der Waals surface area contributed by atoms with Crippen molar-refractivity contribution >= 4 is 17.1 Å². The summed E-state index contributed by atoms with van der Waals surface area (Å²) in [6.45, 7) is 12.8. The number of nitrogen functional groups attached to an aromatic ring is 3. The van der Waals surface area contributed by atoms with Crippen LogP contribution in [-0.2, 0) is 19.3 Å². The highest BCUT2D eigenvalue weighted by Gasteiger charge is 1.91. The predicted octanol–water partition coefficient (Wildman–Crippen LogP) is 8.97. The van der Waals surface area contributed by atoms with Gasteiger partial charge in [-0.2, -0.15) is 0 Å². The van der Waals surface area contributed by atoms with Crippen molar-refractivity contribution < 1.29 is 0 Å². The van der Waals surface area contributed by atoms with Crippen LogP contribution in [0.4, 0.5) is 17.1 Å². The molecule has 0 saturated heterocycles. The Bertz CT molecular complexity index is 1030. The van der Waals surface area contributed by atoms with Gasteiger partial charge in [-0.25, -0.2) is 0 Å². The maximum absolute atomic E-state index is 5.56. The van der Waals surface area contributed by atoms with Crippen molar-refractivity contribution in [1.29, 1.82) is 0 Å². The largest absolute Gasteiger partial charge is 0.399 e. The van der Waals surface area contributed by atoms with Gasteiger partial charge in [0.05, 0.1) is 0 Å². The van der Waals surface area contributed by atoms with E-state index in [1.54, 1.807) is 0 Å². The fourth-order valence-corrected chi connectivity index (χ4v) is 4.28. The highest BCUT2D eigenvalue weighted by Crippen LogP contribution is 2.08. The SMILES string of the molecule is C.CCCCCCCN.CCCCCN.CCCCc1ccc(N)cc1.CCc1ccc(N)cc1.NCCCCCN.NCCc1ccc(N)cc1. The van der Waals surface area contributed by atoms with Crippen LogP contribution in [0.5, 0.6) is 0 Å². The van der Waals surface area contributed by atoms with Gasteiger partial charge in [-0.3, -0.25) is 0 Å². The molecule has 0 atom stereocenters. The molecule has 0 aromatic heterocycles. The van der Waals surface area contributed by atoms with Gasteiger partial charge >= 0.3 is 0 Å². The van der Waals surface area contributed by atoms with Gasteiger partial charge in [-0.15, -0.1) is 0 Å². The monoisotopic (exact) mass is 727 g/mol. The molecule has 0 aliphatic heterocycles. The molecule has 0 aliphatic rings. The fourth-order valence-electron chi connectivity index (χ4n) is 4.28. The first-order valence-corrected chi connectivity index (χ1v) is 19.8. The van der Waals surface area contributed by atoms with Gasteiger partial charge in [0.15, 0.2) is 0 Å². The van der Waals surface area contributed by atoms with Gasteiger partial charge in [-0.05, 0) is 137 Å². The lowest BCUT2D eigenvalue weighted by Crippen LogP contribution is -2.02. The summed E-state index contributed by atoms with van der Waals surface area (Å²) in [5.41, 5.74) is 49.4. The minimum Gasteiger partial charge on any atom is -0.399 e. The molecule has 0 saturated carbocycles. The Kier molecular flexibility index (Phi) is 49.1. The van der Waals surface area contributed by atoms with Crippen LogP contribution in [0.1, 0.15) is 135 Å². The summed E-state index contributed by atoms with van der Waals surface area (Å²) in [5, 5.41) is 0. The summed E-state index contributed by atoms with van der Waals surface area (Å²) in [6, 6.07) is 23.9. The molecule has 3 rings (SSSR count). The van der Waals surface area contributed by atoms with Crippen LogP contribution in [-0.4, -0.2) is 32.7 Å². The van der Waals surface area contributed by atoms with E-state index >= 15 is 0 Å². The fraction of sp³-hybridized carbons (Fsp3) is 0.591. The predicted molar refractivity (Wildman–Crippen MR) is 238 cm³/mol. The van der Waals surface area contributed by atoms with Crippen LogP contribution in [0, 0.1) is 0 Å². The quantitative estimate of drug-likeness (QED) is 0.0467. The van der Waals surface area contributed by atoms with E-state index in [9.17, 15) is 0 Å². The second kappa shape index (κ2) is 45.9. The topological polar surface area (TPSA) is 208 Å². The third kappa shape index (κ3) is 43.0. The summed E-state index contributed by atoms with van der Waals surface area (Å²) in [4.78, 5) is 0. The van der Waals surface area contributed by atoms with Crippen LogP contribution in [0.3, 0.4) is 0 Å². The number of hydrogen-bond donors (Lipinski definition) is 8. The molecular weight excluding hydrogens is 641 g/mol. The Hall–Kier alpha value is -3.14. The van der Waals surface area contributed by atoms with E-state index in [1.807, 2.05) is 48.5 Å². The summed E-state index contributed by atoms with van der Waals surface area (Å²) in [6.07, 6.45) is 19.5. The van der Waals surface area contributed by atoms with Crippen LogP contribution in [0.2, 0.25) is 0 Å². The summed E-state index contributed by atoms with van der Waals surface area (Å²) in [7, 11) is 0. The molecule has 0 spiro atoms. The van der Waals surface area contributed by atoms with Crippen LogP contribution in [0.15, 0.2) is 72.8 Å². The first kappa shape index (κ1) is 55.6. The normalized spacial score (nSPS) is 9.40. The van der Waals surface area contributed by atoms with Crippen molar-refractivity contribution in [1.82, 2.24) is 0 Å². The Morgan fingerprint density at radius 3 is 0.923 bits per heavy atom. The standard InChI is InChI=1S/C10H15N.C8H12N2.C8H11N.C7H17N.C5H14N2.C5H13N.CH4/c1-2-3-4-9-5-7-10(11)8-6-9;9-6-5-7-1-3-8(10)4-2-7;1-2-7-3-5-8(9)6-4-7;1-2-3-4-5-6-7-8;6-4-2-1-3-5-7;1-2-3-4-5-6;/h5-8H,2-4,11H2,1H3;1-4H,5-6,9-10H2;3-6H,2,9H2,1H3;2-8H2,1H3;1-7H2;2-6H2,1H3;1H4. The van der Waals surface area contributed by atoms with Gasteiger partial charge < -0.3 is 45.9 Å². The highest BCUT2D eigenvalue weighted by atomic mass is 14.6. The Balaban J connectivity index is -0.000000268. The van der Waals surface area contributed by atoms with Gasteiger partial charge in [0.1, 0.15) is 0 Å². The number of anilines is 3. The summed E-state index contributed by atoms with van der Waals surface area (Å²) >= 11 is 0. The van der Waals surface area contributed by atoms with Crippen molar-refractivity contribution in [3.05, 3.63) is 89.5 Å². The molecule has 0 amide bonds. The van der Waals surface area contributed by atoms with E-state index in [0.29, 0.717) is 6.54 Å². The number of nitrogens with two attached hydrogens (primary N) is 8. The molecule has 0 bridgehead atoms. The van der Waals surface area contributed by atoms with Crippen LogP contribution in [0.25, 0.3) is 0 Å². The lowest BCUT2D eigenvalue weighted by atomic mass is 10.1. The molecule has 16 N–H and O–H groups in total. The number of hydrogen-bond acceptors (Lipinski definition) is 8. The molecule has 52 heavy (non-hydrogen) atoms. The Labute approximate surface area is 322 Å². The number of aryl methyl sites for hydroxylation is 2. The average molecular weight is 727 g/mol. The lowest BCUT2D eigenvalue weighted by molar-refractivity contribution is 0.638. The van der Waals surface area contributed by atoms with Gasteiger partial charge in [0.25, 0.3) is 0 Å². The van der Waals surface area contributed by atoms with Crippen LogP contribution >= 0.6 is 0 Å². The minimum absolute atomic E-state index is 0. The zero-order valence-corrected chi connectivity index (χ0v) is 33.4. The number of benzene rings is 3. The molecule has 8 heteroatoms. The second-order valence-electron chi connectivity index (χ2n) is 12.6. The van der Waals surface area contributed by atoms with E-state index in [2.05, 4.69) is 52.0 Å². The maximum Gasteiger partial charge on any atom is 0.0314 e. The lowest BCUT2D eigenvalue weighted by Gasteiger charge is -1.99. The number of rotatable bonds is 18. The zero-order valence-electron chi connectivity index (χ0n) is 33.4. The molecule has 3 aromatic carbocycles. The molecule has 0 radical (unpaired) electrons. The van der Waals surface area contributed by atoms with Crippen LogP contribution < -0.4 is 45.9 Å². The van der Waals surface area contributed by atoms with Gasteiger partial charge in [0.2, 0.25) is 0 Å². The number of unbranched alkanes of at least 4 members (excludes halogenated alkanes) is 9. The zero-order chi connectivity index (χ0) is 38.8. The molecule has 8 nitrogen and oxygen atoms in total. The van der Waals surface area contributed by atoms with E-state index in [-0.39, 0.29) is 7.43 Å². The smallest absolute Gasteiger partial charge is 0.0314 e. The molecule has 0 aliphatic carbocycles. The molecular formula is C44H86N8. The molecule has 302 valence electrons. The van der Waals surface area contributed by atoms with E-state index in [4.69, 9.17) is 45.9 Å². The van der Waals surface area contributed by atoms with Gasteiger partial charge in [-0.1, -0.05) is 123 Å². The van der Waals surface area contributed by atoms with Crippen molar-refractivity contribution in [2.24, 2.45) is 28.7 Å². The third-order valence-electron chi connectivity index (χ3n) is 7.62. The van der Waals surface area contributed by atoms with E-state index < -0.39 is 0 Å². The Morgan fingerprint density at radius 1 is 0.327 bits per heavy atom. The molecule has 3 aromatic rings. The second-order valence-corrected chi connectivity index (χ2v) is 12.6. The maximum atomic E-state index is 5.56. The minimum atomic E-state index is 0. The van der Waals surface area contributed by atoms with Crippen molar-refractivity contribution in [2.75, 3.05) is 49.9 Å². The first-order chi connectivity index (χ1) is 24.7. The highest BCUT2D eigenvalue weighted by molar-refractivity contribution is 5.40. The van der Waals surface area contributed by atoms with Crippen molar-refractivity contribution in [2.45, 2.75) is 138 Å². The van der Waals surface area contributed by atoms with E-state index in [1.165, 1.54) is 93.7 Å². The van der Waals surface area contributed by atoms with E-state index in [0.717, 1.165) is 68.9 Å². The van der Waals surface area contributed by atoms with Crippen molar-refractivity contribution in [3.63, 3.8) is 0 Å². The first-order valence-electron chi connectivity index (χ1n) is 19.8. The average Bonchev–Trinajstić information content (AvgIpc) is 3.15. The van der Waals surface area contributed by atoms with Crippen molar-refractivity contribution in [3.8, 4) is 0 Å². The Morgan fingerprint density at radius 2 is 0.615 bits per heavy atom. The summed E-state index contributed by atoms with van der Waals surface area (Å²) in [5.74, 6) is 0. The van der Waals surface area contributed by atoms with Gasteiger partial charge in [0, 0.05) is 17.1 Å².